The highest BCUT2D eigenvalue weighted by Gasteiger charge is 2.23. The third kappa shape index (κ3) is 4.87. The van der Waals surface area contributed by atoms with Gasteiger partial charge in [0.25, 0.3) is 0 Å². The van der Waals surface area contributed by atoms with E-state index in [1.54, 1.807) is 18.2 Å². The number of amides is 1. The smallest absolute Gasteiger partial charge is 0.242 e. The van der Waals surface area contributed by atoms with Gasteiger partial charge in [0.05, 0.1) is 30.8 Å². The standard InChI is InChI=1S/C17H19ClN2O5S/c1-11(20-26(22,23)14-7-4-12(18)5-8-14)17(21)19-15-9-6-13(24-2)10-16(15)25-3/h4-11,20H,1-3H3,(H,19,21). The van der Waals surface area contributed by atoms with E-state index in [0.717, 1.165) is 0 Å². The Hall–Kier alpha value is -2.29. The number of anilines is 1. The number of halogens is 1. The Morgan fingerprint density at radius 3 is 2.31 bits per heavy atom. The first-order valence-corrected chi connectivity index (χ1v) is 9.43. The molecule has 1 atom stereocenters. The Labute approximate surface area is 157 Å². The van der Waals surface area contributed by atoms with Gasteiger partial charge in [-0.05, 0) is 43.3 Å². The molecule has 0 spiro atoms. The number of hydrogen-bond donors (Lipinski definition) is 2. The van der Waals surface area contributed by atoms with Gasteiger partial charge in [0.2, 0.25) is 15.9 Å². The van der Waals surface area contributed by atoms with Gasteiger partial charge in [0, 0.05) is 11.1 Å². The number of rotatable bonds is 7. The third-order valence-electron chi connectivity index (χ3n) is 3.52. The van der Waals surface area contributed by atoms with Crippen molar-refractivity contribution >= 4 is 33.2 Å². The fourth-order valence-corrected chi connectivity index (χ4v) is 3.44. The quantitative estimate of drug-likeness (QED) is 0.747. The van der Waals surface area contributed by atoms with Crippen LogP contribution in [0.3, 0.4) is 0 Å². The maximum atomic E-state index is 12.4. The number of ether oxygens (including phenoxy) is 2. The van der Waals surface area contributed by atoms with E-state index in [-0.39, 0.29) is 4.90 Å². The molecule has 7 nitrogen and oxygen atoms in total. The van der Waals surface area contributed by atoms with Crippen LogP contribution >= 0.6 is 11.6 Å². The van der Waals surface area contributed by atoms with Crippen molar-refractivity contribution in [2.24, 2.45) is 0 Å². The van der Waals surface area contributed by atoms with Gasteiger partial charge >= 0.3 is 0 Å². The summed E-state index contributed by atoms with van der Waals surface area (Å²) in [4.78, 5) is 12.4. The number of benzene rings is 2. The van der Waals surface area contributed by atoms with E-state index in [9.17, 15) is 13.2 Å². The molecule has 1 unspecified atom stereocenters. The molecule has 0 aliphatic rings. The van der Waals surface area contributed by atoms with Gasteiger partial charge < -0.3 is 14.8 Å². The highest BCUT2D eigenvalue weighted by Crippen LogP contribution is 2.29. The summed E-state index contributed by atoms with van der Waals surface area (Å²) in [6.45, 7) is 1.44. The first kappa shape index (κ1) is 20.0. The van der Waals surface area contributed by atoms with Crippen LogP contribution in [0.1, 0.15) is 6.92 Å². The van der Waals surface area contributed by atoms with Crippen LogP contribution in [0.25, 0.3) is 0 Å². The molecule has 26 heavy (non-hydrogen) atoms. The van der Waals surface area contributed by atoms with Gasteiger partial charge in [-0.2, -0.15) is 4.72 Å². The van der Waals surface area contributed by atoms with E-state index in [2.05, 4.69) is 10.0 Å². The van der Waals surface area contributed by atoms with Gasteiger partial charge in [-0.3, -0.25) is 4.79 Å². The lowest BCUT2D eigenvalue weighted by Crippen LogP contribution is -2.41. The van der Waals surface area contributed by atoms with Crippen LogP contribution in [-0.2, 0) is 14.8 Å². The molecular weight excluding hydrogens is 380 g/mol. The summed E-state index contributed by atoms with van der Waals surface area (Å²) in [5.74, 6) is 0.424. The van der Waals surface area contributed by atoms with Crippen LogP contribution < -0.4 is 19.5 Å². The van der Waals surface area contributed by atoms with Crippen molar-refractivity contribution < 1.29 is 22.7 Å². The third-order valence-corrected chi connectivity index (χ3v) is 5.32. The second-order valence-electron chi connectivity index (χ2n) is 5.35. The predicted octanol–water partition coefficient (Wildman–Crippen LogP) is 2.66. The molecule has 0 aromatic heterocycles. The Kier molecular flexibility index (Phi) is 6.47. The fourth-order valence-electron chi connectivity index (χ4n) is 2.11. The topological polar surface area (TPSA) is 93.7 Å². The minimum Gasteiger partial charge on any atom is -0.497 e. The molecule has 0 saturated heterocycles. The molecule has 2 N–H and O–H groups in total. The van der Waals surface area contributed by atoms with Crippen LogP contribution in [0, 0.1) is 0 Å². The zero-order valence-electron chi connectivity index (χ0n) is 14.4. The predicted molar refractivity (Wildman–Crippen MR) is 99.4 cm³/mol. The summed E-state index contributed by atoms with van der Waals surface area (Å²) in [5.41, 5.74) is 0.399. The average molecular weight is 399 g/mol. The van der Waals surface area contributed by atoms with Crippen LogP contribution in [0.2, 0.25) is 5.02 Å². The molecule has 140 valence electrons. The molecule has 0 radical (unpaired) electrons. The molecule has 0 aliphatic heterocycles. The summed E-state index contributed by atoms with van der Waals surface area (Å²) < 4.78 is 37.3. The zero-order valence-corrected chi connectivity index (χ0v) is 16.0. The monoisotopic (exact) mass is 398 g/mol. The molecular formula is C17H19ClN2O5S. The Bertz CT molecular complexity index is 885. The van der Waals surface area contributed by atoms with Gasteiger partial charge in [-0.1, -0.05) is 11.6 Å². The lowest BCUT2D eigenvalue weighted by molar-refractivity contribution is -0.117. The molecule has 0 aliphatic carbocycles. The first-order chi connectivity index (χ1) is 12.3. The van der Waals surface area contributed by atoms with Crippen molar-refractivity contribution in [3.05, 3.63) is 47.5 Å². The van der Waals surface area contributed by atoms with Crippen molar-refractivity contribution in [2.75, 3.05) is 19.5 Å². The number of methoxy groups -OCH3 is 2. The Balaban J connectivity index is 2.11. The van der Waals surface area contributed by atoms with Crippen molar-refractivity contribution in [3.63, 3.8) is 0 Å². The van der Waals surface area contributed by atoms with Crippen LogP contribution in [0.15, 0.2) is 47.4 Å². The molecule has 2 aromatic carbocycles. The average Bonchev–Trinajstić information content (AvgIpc) is 2.61. The van der Waals surface area contributed by atoms with Gasteiger partial charge in [0.1, 0.15) is 11.5 Å². The van der Waals surface area contributed by atoms with E-state index >= 15 is 0 Å². The number of carbonyl (C=O) groups excluding carboxylic acids is 1. The Morgan fingerprint density at radius 2 is 1.73 bits per heavy atom. The van der Waals surface area contributed by atoms with E-state index in [4.69, 9.17) is 21.1 Å². The maximum Gasteiger partial charge on any atom is 0.242 e. The summed E-state index contributed by atoms with van der Waals surface area (Å²) in [6.07, 6.45) is 0. The van der Waals surface area contributed by atoms with E-state index in [0.29, 0.717) is 22.2 Å². The summed E-state index contributed by atoms with van der Waals surface area (Å²) >= 11 is 5.76. The van der Waals surface area contributed by atoms with Crippen LogP contribution in [-0.4, -0.2) is 34.6 Å². The van der Waals surface area contributed by atoms with E-state index in [1.165, 1.54) is 45.4 Å². The van der Waals surface area contributed by atoms with E-state index < -0.39 is 22.0 Å². The summed E-state index contributed by atoms with van der Waals surface area (Å²) in [7, 11) is -0.891. The highest BCUT2D eigenvalue weighted by molar-refractivity contribution is 7.89. The zero-order chi connectivity index (χ0) is 19.3. The SMILES string of the molecule is COc1ccc(NC(=O)C(C)NS(=O)(=O)c2ccc(Cl)cc2)c(OC)c1. The normalized spacial score (nSPS) is 12.3. The molecule has 0 saturated carbocycles. The highest BCUT2D eigenvalue weighted by atomic mass is 35.5. The molecule has 2 rings (SSSR count). The van der Waals surface area contributed by atoms with Crippen molar-refractivity contribution in [2.45, 2.75) is 17.9 Å². The summed E-state index contributed by atoms with van der Waals surface area (Å²) in [5, 5.41) is 3.05. The van der Waals surface area contributed by atoms with Gasteiger partial charge in [-0.25, -0.2) is 8.42 Å². The largest absolute Gasteiger partial charge is 0.497 e. The first-order valence-electron chi connectivity index (χ1n) is 7.57. The molecule has 9 heteroatoms. The minimum absolute atomic E-state index is 0.0172. The van der Waals surface area contributed by atoms with Crippen molar-refractivity contribution in [3.8, 4) is 11.5 Å². The fraction of sp³-hybridized carbons (Fsp3) is 0.235. The number of carbonyl (C=O) groups is 1. The van der Waals surface area contributed by atoms with Crippen LogP contribution in [0.5, 0.6) is 11.5 Å². The lowest BCUT2D eigenvalue weighted by atomic mass is 10.2. The van der Waals surface area contributed by atoms with Crippen molar-refractivity contribution in [1.29, 1.82) is 0 Å². The second-order valence-corrected chi connectivity index (χ2v) is 7.50. The Morgan fingerprint density at radius 1 is 1.08 bits per heavy atom. The number of sulfonamides is 1. The van der Waals surface area contributed by atoms with Gasteiger partial charge in [0.15, 0.2) is 0 Å². The number of hydrogen-bond acceptors (Lipinski definition) is 5. The lowest BCUT2D eigenvalue weighted by Gasteiger charge is -2.16. The molecule has 0 fully saturated rings. The molecule has 1 amide bonds. The molecule has 0 bridgehead atoms. The second kappa shape index (κ2) is 8.39. The molecule has 2 aromatic rings. The number of nitrogens with one attached hydrogen (secondary N) is 2. The van der Waals surface area contributed by atoms with Crippen molar-refractivity contribution in [1.82, 2.24) is 4.72 Å². The van der Waals surface area contributed by atoms with Crippen LogP contribution in [0.4, 0.5) is 5.69 Å². The summed E-state index contributed by atoms with van der Waals surface area (Å²) in [6, 6.07) is 9.51. The van der Waals surface area contributed by atoms with E-state index in [1.807, 2.05) is 0 Å². The maximum absolute atomic E-state index is 12.4. The van der Waals surface area contributed by atoms with Gasteiger partial charge in [-0.15, -0.1) is 0 Å². The molecule has 0 heterocycles. The minimum atomic E-state index is -3.86.